The summed E-state index contributed by atoms with van der Waals surface area (Å²) in [5, 5.41) is 13.2. The number of halogens is 1. The molecule has 21 heavy (non-hydrogen) atoms. The van der Waals surface area contributed by atoms with E-state index >= 15 is 0 Å². The Hall–Kier alpha value is -2.68. The number of benzene rings is 1. The third-order valence-corrected chi connectivity index (χ3v) is 3.30. The van der Waals surface area contributed by atoms with Crippen LogP contribution < -0.4 is 10.3 Å². The average Bonchev–Trinajstić information content (AvgIpc) is 2.45. The van der Waals surface area contributed by atoms with E-state index in [1.807, 2.05) is 6.07 Å². The lowest BCUT2D eigenvalue weighted by molar-refractivity contribution is 0.386. The van der Waals surface area contributed by atoms with Crippen molar-refractivity contribution in [2.75, 3.05) is 7.11 Å². The molecule has 0 bridgehead atoms. The molecule has 0 aliphatic carbocycles. The Bertz CT molecular complexity index is 791. The zero-order valence-corrected chi connectivity index (χ0v) is 12.0. The second-order valence-electron chi connectivity index (χ2n) is 4.63. The van der Waals surface area contributed by atoms with E-state index in [4.69, 9.17) is 10.00 Å². The average molecular weight is 287 g/mol. The van der Waals surface area contributed by atoms with Crippen LogP contribution >= 0.6 is 0 Å². The van der Waals surface area contributed by atoms with Crippen LogP contribution in [0.4, 0.5) is 4.39 Å². The highest BCUT2D eigenvalue weighted by atomic mass is 19.1. The Morgan fingerprint density at radius 1 is 1.43 bits per heavy atom. The fourth-order valence-electron chi connectivity index (χ4n) is 1.99. The number of nitriles is 1. The first-order valence-corrected chi connectivity index (χ1v) is 6.28. The first-order chi connectivity index (χ1) is 9.97. The Morgan fingerprint density at radius 2 is 2.14 bits per heavy atom. The van der Waals surface area contributed by atoms with Crippen LogP contribution in [0.25, 0.3) is 0 Å². The van der Waals surface area contributed by atoms with Crippen LogP contribution in [0.1, 0.15) is 22.4 Å². The van der Waals surface area contributed by atoms with Crippen molar-refractivity contribution in [3.63, 3.8) is 0 Å². The van der Waals surface area contributed by atoms with E-state index < -0.39 is 11.4 Å². The summed E-state index contributed by atoms with van der Waals surface area (Å²) in [6.07, 6.45) is 0. The van der Waals surface area contributed by atoms with Gasteiger partial charge in [-0.15, -0.1) is 0 Å². The number of hydrogen-bond donors (Lipinski definition) is 0. The SMILES string of the molecule is COc1ccc(Cn2nc(C)c(C)c(C#N)c2=O)cc1F. The summed E-state index contributed by atoms with van der Waals surface area (Å²) < 4.78 is 19.7. The molecule has 1 aromatic carbocycles. The van der Waals surface area contributed by atoms with E-state index in [0.717, 1.165) is 0 Å². The molecule has 0 aliphatic rings. The number of hydrogen-bond acceptors (Lipinski definition) is 4. The molecular weight excluding hydrogens is 273 g/mol. The van der Waals surface area contributed by atoms with E-state index in [1.54, 1.807) is 19.9 Å². The third-order valence-electron chi connectivity index (χ3n) is 3.30. The number of methoxy groups -OCH3 is 1. The topological polar surface area (TPSA) is 67.9 Å². The monoisotopic (exact) mass is 287 g/mol. The smallest absolute Gasteiger partial charge is 0.285 e. The molecule has 2 aromatic rings. The predicted octanol–water partition coefficient (Wildman–Crippen LogP) is 1.93. The van der Waals surface area contributed by atoms with Gasteiger partial charge >= 0.3 is 0 Å². The molecule has 0 amide bonds. The number of aromatic nitrogens is 2. The van der Waals surface area contributed by atoms with Gasteiger partial charge in [0.15, 0.2) is 11.6 Å². The van der Waals surface area contributed by atoms with Gasteiger partial charge in [0.25, 0.3) is 5.56 Å². The Kier molecular flexibility index (Phi) is 4.03. The van der Waals surface area contributed by atoms with Gasteiger partial charge in [-0.1, -0.05) is 6.07 Å². The standard InChI is InChI=1S/C15H14FN3O2/c1-9-10(2)18-19(15(20)12(9)7-17)8-11-4-5-14(21-3)13(16)6-11/h4-6H,8H2,1-3H3. The Labute approximate surface area is 121 Å². The second-order valence-corrected chi connectivity index (χ2v) is 4.63. The summed E-state index contributed by atoms with van der Waals surface area (Å²) in [5.74, 6) is -0.371. The van der Waals surface area contributed by atoms with Crippen LogP contribution in [0.2, 0.25) is 0 Å². The van der Waals surface area contributed by atoms with Gasteiger partial charge < -0.3 is 4.74 Å². The Balaban J connectivity index is 2.46. The molecule has 1 aromatic heterocycles. The van der Waals surface area contributed by atoms with Crippen molar-refractivity contribution in [2.45, 2.75) is 20.4 Å². The fraction of sp³-hybridized carbons (Fsp3) is 0.267. The van der Waals surface area contributed by atoms with Crippen LogP contribution in [0.5, 0.6) is 5.75 Å². The number of ether oxygens (including phenoxy) is 1. The van der Waals surface area contributed by atoms with Crippen molar-refractivity contribution in [3.05, 3.63) is 56.8 Å². The lowest BCUT2D eigenvalue weighted by atomic mass is 10.1. The van der Waals surface area contributed by atoms with Crippen LogP contribution in [-0.4, -0.2) is 16.9 Å². The van der Waals surface area contributed by atoms with Crippen molar-refractivity contribution in [1.82, 2.24) is 9.78 Å². The van der Waals surface area contributed by atoms with Crippen LogP contribution in [0.3, 0.4) is 0 Å². The summed E-state index contributed by atoms with van der Waals surface area (Å²) in [6, 6.07) is 6.32. The molecular formula is C15H14FN3O2. The van der Waals surface area contributed by atoms with E-state index in [1.165, 1.54) is 23.9 Å². The predicted molar refractivity (Wildman–Crippen MR) is 74.7 cm³/mol. The first-order valence-electron chi connectivity index (χ1n) is 6.28. The summed E-state index contributed by atoms with van der Waals surface area (Å²) >= 11 is 0. The lowest BCUT2D eigenvalue weighted by Gasteiger charge is -2.10. The highest BCUT2D eigenvalue weighted by molar-refractivity contribution is 5.36. The number of nitrogens with zero attached hydrogens (tertiary/aromatic N) is 3. The molecule has 0 saturated carbocycles. The first kappa shape index (κ1) is 14.7. The largest absolute Gasteiger partial charge is 0.494 e. The maximum Gasteiger partial charge on any atom is 0.285 e. The van der Waals surface area contributed by atoms with Crippen molar-refractivity contribution in [2.24, 2.45) is 0 Å². The molecule has 0 fully saturated rings. The van der Waals surface area contributed by atoms with E-state index in [9.17, 15) is 9.18 Å². The van der Waals surface area contributed by atoms with Gasteiger partial charge in [0.2, 0.25) is 0 Å². The molecule has 108 valence electrons. The van der Waals surface area contributed by atoms with Gasteiger partial charge in [-0.05, 0) is 37.1 Å². The molecule has 5 nitrogen and oxygen atoms in total. The molecule has 1 heterocycles. The van der Waals surface area contributed by atoms with Crippen LogP contribution in [0.15, 0.2) is 23.0 Å². The summed E-state index contributed by atoms with van der Waals surface area (Å²) in [6.45, 7) is 3.50. The van der Waals surface area contributed by atoms with Gasteiger partial charge in [0.1, 0.15) is 11.6 Å². The van der Waals surface area contributed by atoms with Crippen LogP contribution in [0, 0.1) is 31.0 Å². The zero-order chi connectivity index (χ0) is 15.6. The van der Waals surface area contributed by atoms with Gasteiger partial charge in [0, 0.05) is 0 Å². The number of aryl methyl sites for hydroxylation is 1. The minimum absolute atomic E-state index is 0.0662. The maximum atomic E-state index is 13.7. The minimum Gasteiger partial charge on any atom is -0.494 e. The fourth-order valence-corrected chi connectivity index (χ4v) is 1.99. The molecule has 0 aliphatic heterocycles. The molecule has 6 heteroatoms. The van der Waals surface area contributed by atoms with Crippen molar-refractivity contribution in [3.8, 4) is 11.8 Å². The van der Waals surface area contributed by atoms with Crippen LogP contribution in [-0.2, 0) is 6.54 Å². The van der Waals surface area contributed by atoms with Crippen molar-refractivity contribution < 1.29 is 9.13 Å². The summed E-state index contributed by atoms with van der Waals surface area (Å²) in [7, 11) is 1.38. The normalized spacial score (nSPS) is 10.2. The molecule has 2 rings (SSSR count). The molecule has 0 atom stereocenters. The van der Waals surface area contributed by atoms with E-state index in [-0.39, 0.29) is 17.9 Å². The highest BCUT2D eigenvalue weighted by Crippen LogP contribution is 2.18. The van der Waals surface area contributed by atoms with Gasteiger partial charge in [-0.25, -0.2) is 9.07 Å². The van der Waals surface area contributed by atoms with Gasteiger partial charge in [-0.3, -0.25) is 4.79 Å². The molecule has 0 unspecified atom stereocenters. The van der Waals surface area contributed by atoms with E-state index in [0.29, 0.717) is 16.8 Å². The molecule has 0 radical (unpaired) electrons. The Morgan fingerprint density at radius 3 is 2.71 bits per heavy atom. The van der Waals surface area contributed by atoms with E-state index in [2.05, 4.69) is 5.10 Å². The highest BCUT2D eigenvalue weighted by Gasteiger charge is 2.12. The van der Waals surface area contributed by atoms with Crippen molar-refractivity contribution in [1.29, 1.82) is 5.26 Å². The van der Waals surface area contributed by atoms with Gasteiger partial charge in [-0.2, -0.15) is 10.4 Å². The minimum atomic E-state index is -0.507. The quantitative estimate of drug-likeness (QED) is 0.865. The molecule has 0 spiro atoms. The van der Waals surface area contributed by atoms with Gasteiger partial charge in [0.05, 0.1) is 19.3 Å². The van der Waals surface area contributed by atoms with Crippen molar-refractivity contribution >= 4 is 0 Å². The summed E-state index contributed by atoms with van der Waals surface area (Å²) in [4.78, 5) is 12.1. The zero-order valence-electron chi connectivity index (χ0n) is 12.0. The number of rotatable bonds is 3. The second kappa shape index (κ2) is 5.75. The lowest BCUT2D eigenvalue weighted by Crippen LogP contribution is -2.28. The molecule has 0 N–H and O–H groups in total. The third kappa shape index (κ3) is 2.77. The summed E-state index contributed by atoms with van der Waals surface area (Å²) in [5.41, 5.74) is 1.32. The molecule has 0 saturated heterocycles. The maximum absolute atomic E-state index is 13.7.